The van der Waals surface area contributed by atoms with E-state index in [0.29, 0.717) is 33.4 Å². The molecule has 0 saturated heterocycles. The number of carbonyl (C=O) groups excluding carboxylic acids is 2. The maximum absolute atomic E-state index is 12.3. The summed E-state index contributed by atoms with van der Waals surface area (Å²) < 4.78 is 21.0. The first kappa shape index (κ1) is 21.3. The van der Waals surface area contributed by atoms with Gasteiger partial charge in [-0.25, -0.2) is 4.79 Å². The molecule has 0 aromatic heterocycles. The van der Waals surface area contributed by atoms with Gasteiger partial charge in [-0.05, 0) is 55.0 Å². The van der Waals surface area contributed by atoms with E-state index in [0.717, 1.165) is 0 Å². The third kappa shape index (κ3) is 5.27. The largest absolute Gasteiger partial charge is 0.493 e. The number of hydrogen-bond donors (Lipinski definition) is 0. The number of ketones is 1. The van der Waals surface area contributed by atoms with Crippen LogP contribution >= 0.6 is 11.6 Å². The molecule has 28 heavy (non-hydrogen) atoms. The summed E-state index contributed by atoms with van der Waals surface area (Å²) >= 11 is 5.81. The number of methoxy groups -OCH3 is 3. The lowest BCUT2D eigenvalue weighted by Gasteiger charge is -2.13. The van der Waals surface area contributed by atoms with Crippen molar-refractivity contribution in [1.29, 1.82) is 0 Å². The Morgan fingerprint density at radius 1 is 0.964 bits per heavy atom. The lowest BCUT2D eigenvalue weighted by atomic mass is 10.1. The summed E-state index contributed by atoms with van der Waals surface area (Å²) in [6, 6.07) is 9.75. The highest BCUT2D eigenvalue weighted by Gasteiger charge is 2.18. The van der Waals surface area contributed by atoms with Crippen LogP contribution in [-0.2, 0) is 9.53 Å². The molecule has 0 unspecified atom stereocenters. The molecule has 0 aliphatic heterocycles. The summed E-state index contributed by atoms with van der Waals surface area (Å²) in [5.74, 6) is 0.406. The van der Waals surface area contributed by atoms with E-state index in [2.05, 4.69) is 0 Å². The third-order valence-electron chi connectivity index (χ3n) is 3.89. The minimum Gasteiger partial charge on any atom is -0.493 e. The SMILES string of the molecule is COc1cc(/C=C/C(=O)O[C@@H](C)C(=O)c2ccc(Cl)cc2)cc(OC)c1OC. The topological polar surface area (TPSA) is 71.1 Å². The fraction of sp³-hybridized carbons (Fsp3) is 0.238. The number of carbonyl (C=O) groups is 2. The number of Topliss-reactive ketones (excluding diaryl/α,β-unsaturated/α-hetero) is 1. The molecule has 148 valence electrons. The van der Waals surface area contributed by atoms with Crippen molar-refractivity contribution in [2.75, 3.05) is 21.3 Å². The van der Waals surface area contributed by atoms with Crippen LogP contribution in [0.3, 0.4) is 0 Å². The second-order valence-corrected chi connectivity index (χ2v) is 6.18. The van der Waals surface area contributed by atoms with Gasteiger partial charge in [-0.2, -0.15) is 0 Å². The van der Waals surface area contributed by atoms with Gasteiger partial charge in [0.15, 0.2) is 17.6 Å². The quantitative estimate of drug-likeness (QED) is 0.373. The average molecular weight is 405 g/mol. The number of esters is 1. The summed E-state index contributed by atoms with van der Waals surface area (Å²) in [6.07, 6.45) is 1.83. The Morgan fingerprint density at radius 3 is 2.04 bits per heavy atom. The molecule has 2 aromatic carbocycles. The van der Waals surface area contributed by atoms with Crippen molar-refractivity contribution >= 4 is 29.4 Å². The molecule has 0 aliphatic carbocycles. The van der Waals surface area contributed by atoms with Crippen LogP contribution < -0.4 is 14.2 Å². The van der Waals surface area contributed by atoms with Crippen molar-refractivity contribution in [3.8, 4) is 17.2 Å². The van der Waals surface area contributed by atoms with E-state index < -0.39 is 12.1 Å². The zero-order chi connectivity index (χ0) is 20.7. The van der Waals surface area contributed by atoms with Crippen LogP contribution in [-0.4, -0.2) is 39.2 Å². The highest BCUT2D eigenvalue weighted by Crippen LogP contribution is 2.38. The molecule has 0 radical (unpaired) electrons. The van der Waals surface area contributed by atoms with Gasteiger partial charge in [0, 0.05) is 16.7 Å². The minimum atomic E-state index is -0.932. The zero-order valence-corrected chi connectivity index (χ0v) is 16.8. The molecule has 0 spiro atoms. The Hall–Kier alpha value is -2.99. The van der Waals surface area contributed by atoms with Crippen molar-refractivity contribution in [3.05, 3.63) is 58.6 Å². The highest BCUT2D eigenvalue weighted by molar-refractivity contribution is 6.30. The Balaban J connectivity index is 2.08. The van der Waals surface area contributed by atoms with Crippen molar-refractivity contribution in [2.45, 2.75) is 13.0 Å². The first-order chi connectivity index (χ1) is 13.4. The smallest absolute Gasteiger partial charge is 0.331 e. The van der Waals surface area contributed by atoms with Crippen LogP contribution in [0.5, 0.6) is 17.2 Å². The van der Waals surface area contributed by atoms with Crippen molar-refractivity contribution in [1.82, 2.24) is 0 Å². The monoisotopic (exact) mass is 404 g/mol. The van der Waals surface area contributed by atoms with Gasteiger partial charge in [-0.1, -0.05) is 11.6 Å². The molecule has 0 N–H and O–H groups in total. The molecular weight excluding hydrogens is 384 g/mol. The second-order valence-electron chi connectivity index (χ2n) is 5.74. The Morgan fingerprint density at radius 2 is 1.54 bits per heavy atom. The number of benzene rings is 2. The number of halogens is 1. The number of rotatable bonds is 8. The molecule has 0 amide bonds. The summed E-state index contributed by atoms with van der Waals surface area (Å²) in [4.78, 5) is 24.4. The van der Waals surface area contributed by atoms with E-state index in [4.69, 9.17) is 30.5 Å². The van der Waals surface area contributed by atoms with Crippen molar-refractivity contribution in [2.24, 2.45) is 0 Å². The van der Waals surface area contributed by atoms with E-state index in [1.165, 1.54) is 40.4 Å². The summed E-state index contributed by atoms with van der Waals surface area (Å²) in [5, 5.41) is 0.523. The van der Waals surface area contributed by atoms with Gasteiger partial charge in [0.1, 0.15) is 0 Å². The summed E-state index contributed by atoms with van der Waals surface area (Å²) in [6.45, 7) is 1.52. The summed E-state index contributed by atoms with van der Waals surface area (Å²) in [5.41, 5.74) is 1.06. The van der Waals surface area contributed by atoms with Gasteiger partial charge in [0.2, 0.25) is 11.5 Å². The summed E-state index contributed by atoms with van der Waals surface area (Å²) in [7, 11) is 4.51. The van der Waals surface area contributed by atoms with Gasteiger partial charge < -0.3 is 18.9 Å². The first-order valence-electron chi connectivity index (χ1n) is 8.38. The predicted octanol–water partition coefficient (Wildman–Crippen LogP) is 4.19. The molecular formula is C21H21ClO6. The van der Waals surface area contributed by atoms with Gasteiger partial charge in [-0.3, -0.25) is 4.79 Å². The van der Waals surface area contributed by atoms with E-state index in [-0.39, 0.29) is 5.78 Å². The predicted molar refractivity (Wildman–Crippen MR) is 106 cm³/mol. The number of hydrogen-bond acceptors (Lipinski definition) is 6. The fourth-order valence-electron chi connectivity index (χ4n) is 2.48. The molecule has 0 aliphatic rings. The van der Waals surface area contributed by atoms with E-state index in [1.807, 2.05) is 0 Å². The van der Waals surface area contributed by atoms with Gasteiger partial charge in [-0.15, -0.1) is 0 Å². The molecule has 0 saturated carbocycles. The van der Waals surface area contributed by atoms with Crippen LogP contribution in [0.1, 0.15) is 22.8 Å². The lowest BCUT2D eigenvalue weighted by Crippen LogP contribution is -2.23. The zero-order valence-electron chi connectivity index (χ0n) is 16.0. The number of ether oxygens (including phenoxy) is 4. The van der Waals surface area contributed by atoms with Crippen molar-refractivity contribution < 1.29 is 28.5 Å². The first-order valence-corrected chi connectivity index (χ1v) is 8.75. The fourth-order valence-corrected chi connectivity index (χ4v) is 2.60. The van der Waals surface area contributed by atoms with E-state index >= 15 is 0 Å². The Labute approximate surface area is 168 Å². The molecule has 1 atom stereocenters. The van der Waals surface area contributed by atoms with Gasteiger partial charge >= 0.3 is 5.97 Å². The molecule has 2 rings (SSSR count). The molecule has 6 nitrogen and oxygen atoms in total. The van der Waals surface area contributed by atoms with Crippen LogP contribution in [0.4, 0.5) is 0 Å². The Kier molecular flexibility index (Phi) is 7.46. The van der Waals surface area contributed by atoms with E-state index in [1.54, 1.807) is 36.4 Å². The van der Waals surface area contributed by atoms with Crippen LogP contribution in [0.25, 0.3) is 6.08 Å². The molecule has 0 heterocycles. The van der Waals surface area contributed by atoms with Crippen LogP contribution in [0, 0.1) is 0 Å². The normalized spacial score (nSPS) is 11.8. The lowest BCUT2D eigenvalue weighted by molar-refractivity contribution is -0.140. The molecule has 0 bridgehead atoms. The molecule has 7 heteroatoms. The second kappa shape index (κ2) is 9.80. The Bertz CT molecular complexity index is 848. The van der Waals surface area contributed by atoms with E-state index in [9.17, 15) is 9.59 Å². The van der Waals surface area contributed by atoms with Gasteiger partial charge in [0.05, 0.1) is 21.3 Å². The average Bonchev–Trinajstić information content (AvgIpc) is 2.71. The third-order valence-corrected chi connectivity index (χ3v) is 4.14. The van der Waals surface area contributed by atoms with Crippen LogP contribution in [0.2, 0.25) is 5.02 Å². The molecule has 2 aromatic rings. The highest BCUT2D eigenvalue weighted by atomic mass is 35.5. The van der Waals surface area contributed by atoms with Crippen LogP contribution in [0.15, 0.2) is 42.5 Å². The van der Waals surface area contributed by atoms with Crippen molar-refractivity contribution in [3.63, 3.8) is 0 Å². The standard InChI is InChI=1S/C21H21ClO6/c1-13(20(24)15-6-8-16(22)9-7-15)28-19(23)10-5-14-11-17(25-2)21(27-4)18(12-14)26-3/h5-13H,1-4H3/b10-5+/t13-/m0/s1. The van der Waals surface area contributed by atoms with Gasteiger partial charge in [0.25, 0.3) is 0 Å². The molecule has 0 fully saturated rings. The maximum atomic E-state index is 12.3. The minimum absolute atomic E-state index is 0.314. The maximum Gasteiger partial charge on any atom is 0.331 e.